The van der Waals surface area contributed by atoms with Gasteiger partial charge in [0.2, 0.25) is 5.91 Å². The minimum Gasteiger partial charge on any atom is -0.496 e. The molecule has 33 heavy (non-hydrogen) atoms. The van der Waals surface area contributed by atoms with Crippen LogP contribution in [0.25, 0.3) is 0 Å². The standard InChI is InChI=1S/C26H33N5O2/c1-30-22-15-20(23(33-2)16-19(22)10-11-24(30)32)17-29-21-9-6-14-31(26-27-12-13-28-26)25(21)18-7-4-3-5-8-18/h3-5,7-8,15-16,21,25,29H,6,9-14,17H2,1-2H3,(H,27,28)/t21-,25-/m0/s1. The van der Waals surface area contributed by atoms with Gasteiger partial charge in [-0.1, -0.05) is 30.3 Å². The Kier molecular flexibility index (Phi) is 6.22. The van der Waals surface area contributed by atoms with E-state index >= 15 is 0 Å². The van der Waals surface area contributed by atoms with Gasteiger partial charge in [-0.15, -0.1) is 0 Å². The van der Waals surface area contributed by atoms with Gasteiger partial charge in [-0.3, -0.25) is 9.79 Å². The van der Waals surface area contributed by atoms with Gasteiger partial charge in [0.25, 0.3) is 0 Å². The quantitative estimate of drug-likeness (QED) is 0.738. The molecule has 0 radical (unpaired) electrons. The molecule has 3 aliphatic heterocycles. The van der Waals surface area contributed by atoms with Crippen LogP contribution in [-0.2, 0) is 17.8 Å². The van der Waals surface area contributed by atoms with E-state index in [4.69, 9.17) is 9.73 Å². The molecule has 5 rings (SSSR count). The molecule has 0 aromatic heterocycles. The molecule has 174 valence electrons. The van der Waals surface area contributed by atoms with Crippen LogP contribution in [0.1, 0.15) is 42.0 Å². The molecule has 2 atom stereocenters. The average molecular weight is 448 g/mol. The molecule has 2 N–H and O–H groups in total. The van der Waals surface area contributed by atoms with Crippen molar-refractivity contribution in [3.8, 4) is 5.75 Å². The Labute approximate surface area is 195 Å². The Balaban J connectivity index is 1.41. The second-order valence-electron chi connectivity index (χ2n) is 9.06. The van der Waals surface area contributed by atoms with Crippen LogP contribution in [0, 0.1) is 0 Å². The molecule has 0 saturated carbocycles. The Hall–Kier alpha value is -3.06. The largest absolute Gasteiger partial charge is 0.496 e. The summed E-state index contributed by atoms with van der Waals surface area (Å²) in [7, 11) is 3.59. The van der Waals surface area contributed by atoms with Crippen molar-refractivity contribution in [2.45, 2.75) is 44.3 Å². The highest BCUT2D eigenvalue weighted by atomic mass is 16.5. The fourth-order valence-corrected chi connectivity index (χ4v) is 5.37. The lowest BCUT2D eigenvalue weighted by Crippen LogP contribution is -2.52. The molecule has 1 saturated heterocycles. The number of guanidine groups is 1. The zero-order chi connectivity index (χ0) is 22.8. The van der Waals surface area contributed by atoms with Crippen molar-refractivity contribution in [3.05, 3.63) is 59.2 Å². The number of rotatable bonds is 5. The molecule has 7 nitrogen and oxygen atoms in total. The third-order valence-corrected chi connectivity index (χ3v) is 7.08. The van der Waals surface area contributed by atoms with Crippen molar-refractivity contribution in [2.24, 2.45) is 4.99 Å². The molecule has 0 aliphatic carbocycles. The lowest BCUT2D eigenvalue weighted by atomic mass is 9.90. The second kappa shape index (κ2) is 9.43. The maximum atomic E-state index is 12.2. The van der Waals surface area contributed by atoms with Crippen molar-refractivity contribution in [2.75, 3.05) is 38.7 Å². The normalized spacial score (nSPS) is 22.6. The Morgan fingerprint density at radius 2 is 2.06 bits per heavy atom. The SMILES string of the molecule is COc1cc2c(cc1CN[C@H]1CCCN(C3=NCCN3)[C@H]1c1ccccc1)N(C)C(=O)CC2. The van der Waals surface area contributed by atoms with Crippen LogP contribution < -0.4 is 20.3 Å². The summed E-state index contributed by atoms with van der Waals surface area (Å²) in [5.41, 5.74) is 4.55. The van der Waals surface area contributed by atoms with Crippen LogP contribution in [-0.4, -0.2) is 56.6 Å². The summed E-state index contributed by atoms with van der Waals surface area (Å²) in [6.07, 6.45) is 3.53. The van der Waals surface area contributed by atoms with Crippen molar-refractivity contribution in [3.63, 3.8) is 0 Å². The number of hydrogen-bond donors (Lipinski definition) is 2. The van der Waals surface area contributed by atoms with Gasteiger partial charge in [-0.25, -0.2) is 0 Å². The van der Waals surface area contributed by atoms with Gasteiger partial charge < -0.3 is 25.2 Å². The monoisotopic (exact) mass is 447 g/mol. The molecule has 0 unspecified atom stereocenters. The number of hydrogen-bond acceptors (Lipinski definition) is 6. The number of likely N-dealkylation sites (tertiary alicyclic amines) is 1. The summed E-state index contributed by atoms with van der Waals surface area (Å²) in [6, 6.07) is 15.4. The first-order chi connectivity index (χ1) is 16.2. The number of fused-ring (bicyclic) bond motifs is 1. The highest BCUT2D eigenvalue weighted by molar-refractivity contribution is 5.96. The lowest BCUT2D eigenvalue weighted by Gasteiger charge is -2.43. The van der Waals surface area contributed by atoms with Crippen molar-refractivity contribution < 1.29 is 9.53 Å². The minimum absolute atomic E-state index is 0.170. The number of piperidine rings is 1. The van der Waals surface area contributed by atoms with Gasteiger partial charge in [-0.05, 0) is 42.5 Å². The molecule has 0 spiro atoms. The van der Waals surface area contributed by atoms with Crippen LogP contribution in [0.2, 0.25) is 0 Å². The van der Waals surface area contributed by atoms with E-state index in [0.29, 0.717) is 13.0 Å². The van der Waals surface area contributed by atoms with Crippen LogP contribution in [0.3, 0.4) is 0 Å². The van der Waals surface area contributed by atoms with E-state index in [-0.39, 0.29) is 18.0 Å². The number of carbonyl (C=O) groups is 1. The number of aryl methyl sites for hydroxylation is 1. The molecule has 1 amide bonds. The molecular weight excluding hydrogens is 414 g/mol. The molecule has 1 fully saturated rings. The second-order valence-corrected chi connectivity index (χ2v) is 9.06. The number of nitrogens with zero attached hydrogens (tertiary/aromatic N) is 3. The maximum Gasteiger partial charge on any atom is 0.227 e. The fourth-order valence-electron chi connectivity index (χ4n) is 5.37. The first kappa shape index (κ1) is 21.8. The van der Waals surface area contributed by atoms with Crippen molar-refractivity contribution in [1.29, 1.82) is 0 Å². The Morgan fingerprint density at radius 3 is 2.82 bits per heavy atom. The van der Waals surface area contributed by atoms with Crippen LogP contribution in [0.5, 0.6) is 5.75 Å². The van der Waals surface area contributed by atoms with Gasteiger partial charge in [0, 0.05) is 50.4 Å². The van der Waals surface area contributed by atoms with E-state index in [0.717, 1.165) is 61.9 Å². The maximum absolute atomic E-state index is 12.2. The van der Waals surface area contributed by atoms with Gasteiger partial charge in [0.15, 0.2) is 5.96 Å². The number of ether oxygens (including phenoxy) is 1. The minimum atomic E-state index is 0.170. The van der Waals surface area contributed by atoms with E-state index in [2.05, 4.69) is 58.0 Å². The van der Waals surface area contributed by atoms with Crippen LogP contribution in [0.15, 0.2) is 47.5 Å². The van der Waals surface area contributed by atoms with Gasteiger partial charge in [0.05, 0.1) is 19.7 Å². The van der Waals surface area contributed by atoms with Crippen molar-refractivity contribution >= 4 is 17.6 Å². The molecular formula is C26H33N5O2. The average Bonchev–Trinajstić information content (AvgIpc) is 3.40. The molecule has 0 bridgehead atoms. The van der Waals surface area contributed by atoms with E-state index in [1.807, 2.05) is 7.05 Å². The first-order valence-electron chi connectivity index (χ1n) is 12.0. The summed E-state index contributed by atoms with van der Waals surface area (Å²) in [6.45, 7) is 3.42. The number of anilines is 1. The summed E-state index contributed by atoms with van der Waals surface area (Å²) < 4.78 is 5.74. The van der Waals surface area contributed by atoms with Crippen LogP contribution in [0.4, 0.5) is 5.69 Å². The topological polar surface area (TPSA) is 69.2 Å². The third-order valence-electron chi connectivity index (χ3n) is 7.08. The summed E-state index contributed by atoms with van der Waals surface area (Å²) in [5.74, 6) is 2.07. The summed E-state index contributed by atoms with van der Waals surface area (Å²) in [4.78, 5) is 21.2. The number of amides is 1. The van der Waals surface area contributed by atoms with E-state index in [9.17, 15) is 4.79 Å². The van der Waals surface area contributed by atoms with Gasteiger partial charge in [-0.2, -0.15) is 0 Å². The van der Waals surface area contributed by atoms with Crippen LogP contribution >= 0.6 is 0 Å². The molecule has 3 aliphatic rings. The van der Waals surface area contributed by atoms with Gasteiger partial charge >= 0.3 is 0 Å². The number of benzene rings is 2. The summed E-state index contributed by atoms with van der Waals surface area (Å²) in [5, 5.41) is 7.31. The number of methoxy groups -OCH3 is 1. The van der Waals surface area contributed by atoms with Gasteiger partial charge in [0.1, 0.15) is 5.75 Å². The highest BCUT2D eigenvalue weighted by Gasteiger charge is 2.35. The Bertz CT molecular complexity index is 1040. The molecule has 7 heteroatoms. The van der Waals surface area contributed by atoms with E-state index in [1.54, 1.807) is 12.0 Å². The van der Waals surface area contributed by atoms with E-state index < -0.39 is 0 Å². The molecule has 3 heterocycles. The smallest absolute Gasteiger partial charge is 0.227 e. The number of aliphatic imine (C=N–C) groups is 1. The summed E-state index contributed by atoms with van der Waals surface area (Å²) >= 11 is 0. The number of nitrogens with one attached hydrogen (secondary N) is 2. The van der Waals surface area contributed by atoms with E-state index in [1.165, 1.54) is 11.1 Å². The predicted octanol–water partition coefficient (Wildman–Crippen LogP) is 2.86. The third kappa shape index (κ3) is 4.29. The molecule has 2 aromatic rings. The lowest BCUT2D eigenvalue weighted by molar-refractivity contribution is -0.118. The number of carbonyl (C=O) groups excluding carboxylic acids is 1. The molecule has 2 aromatic carbocycles. The van der Waals surface area contributed by atoms with Crippen molar-refractivity contribution in [1.82, 2.24) is 15.5 Å². The first-order valence-corrected chi connectivity index (χ1v) is 12.0. The fraction of sp³-hybridized carbons (Fsp3) is 0.462. The zero-order valence-electron chi connectivity index (χ0n) is 19.5. The highest BCUT2D eigenvalue weighted by Crippen LogP contribution is 2.35. The zero-order valence-corrected chi connectivity index (χ0v) is 19.5. The predicted molar refractivity (Wildman–Crippen MR) is 131 cm³/mol. The Morgan fingerprint density at radius 1 is 1.21 bits per heavy atom.